The number of aryl methyl sites for hydroxylation is 1. The SMILES string of the molecule is CCOC(C)n1cc(C)cn1. The van der Waals surface area contributed by atoms with E-state index in [2.05, 4.69) is 5.10 Å². The summed E-state index contributed by atoms with van der Waals surface area (Å²) in [5.74, 6) is 0. The van der Waals surface area contributed by atoms with Gasteiger partial charge >= 0.3 is 0 Å². The highest BCUT2D eigenvalue weighted by molar-refractivity contribution is 4.99. The first-order valence-corrected chi connectivity index (χ1v) is 3.86. The van der Waals surface area contributed by atoms with Gasteiger partial charge in [0.2, 0.25) is 0 Å². The molecule has 1 heterocycles. The van der Waals surface area contributed by atoms with E-state index in [0.29, 0.717) is 0 Å². The lowest BCUT2D eigenvalue weighted by Crippen LogP contribution is -2.09. The van der Waals surface area contributed by atoms with E-state index >= 15 is 0 Å². The molecule has 0 amide bonds. The average Bonchev–Trinajstić information content (AvgIpc) is 2.36. The summed E-state index contributed by atoms with van der Waals surface area (Å²) in [5.41, 5.74) is 1.16. The first kappa shape index (κ1) is 8.27. The third kappa shape index (κ3) is 2.05. The molecule has 1 aromatic heterocycles. The van der Waals surface area contributed by atoms with Gasteiger partial charge in [-0.25, -0.2) is 4.68 Å². The highest BCUT2D eigenvalue weighted by atomic mass is 16.5. The Labute approximate surface area is 67.0 Å². The monoisotopic (exact) mass is 154 g/mol. The maximum Gasteiger partial charge on any atom is 0.147 e. The highest BCUT2D eigenvalue weighted by Crippen LogP contribution is 2.06. The summed E-state index contributed by atoms with van der Waals surface area (Å²) in [6, 6.07) is 0. The molecule has 3 nitrogen and oxygen atoms in total. The maximum atomic E-state index is 5.34. The van der Waals surface area contributed by atoms with Crippen LogP contribution in [0.5, 0.6) is 0 Å². The van der Waals surface area contributed by atoms with Crippen molar-refractivity contribution < 1.29 is 4.74 Å². The molecule has 1 rings (SSSR count). The Kier molecular flexibility index (Phi) is 2.65. The van der Waals surface area contributed by atoms with Crippen molar-refractivity contribution in [3.8, 4) is 0 Å². The fourth-order valence-corrected chi connectivity index (χ4v) is 0.949. The largest absolute Gasteiger partial charge is 0.357 e. The van der Waals surface area contributed by atoms with Crippen LogP contribution in [-0.2, 0) is 4.74 Å². The molecule has 0 spiro atoms. The molecular weight excluding hydrogens is 140 g/mol. The van der Waals surface area contributed by atoms with Crippen LogP contribution in [0.4, 0.5) is 0 Å². The third-order valence-corrected chi connectivity index (χ3v) is 1.51. The van der Waals surface area contributed by atoms with Crippen molar-refractivity contribution in [1.29, 1.82) is 0 Å². The molecule has 3 heteroatoms. The van der Waals surface area contributed by atoms with Crippen LogP contribution in [0.2, 0.25) is 0 Å². The minimum absolute atomic E-state index is 0.0497. The molecule has 1 atom stereocenters. The molecule has 0 aliphatic carbocycles. The van der Waals surface area contributed by atoms with Crippen LogP contribution in [-0.4, -0.2) is 16.4 Å². The van der Waals surface area contributed by atoms with Gasteiger partial charge in [-0.3, -0.25) is 0 Å². The summed E-state index contributed by atoms with van der Waals surface area (Å²) in [4.78, 5) is 0. The second kappa shape index (κ2) is 3.53. The molecule has 0 saturated carbocycles. The van der Waals surface area contributed by atoms with Gasteiger partial charge in [-0.05, 0) is 26.3 Å². The lowest BCUT2D eigenvalue weighted by Gasteiger charge is -2.10. The first-order chi connectivity index (χ1) is 5.24. The number of rotatable bonds is 3. The minimum atomic E-state index is 0.0497. The van der Waals surface area contributed by atoms with Gasteiger partial charge < -0.3 is 4.74 Å². The molecular formula is C8H14N2O. The van der Waals surface area contributed by atoms with Gasteiger partial charge in [0.15, 0.2) is 0 Å². The number of nitrogens with zero attached hydrogens (tertiary/aromatic N) is 2. The molecule has 0 fully saturated rings. The minimum Gasteiger partial charge on any atom is -0.357 e. The van der Waals surface area contributed by atoms with Crippen LogP contribution in [0.15, 0.2) is 12.4 Å². The van der Waals surface area contributed by atoms with Gasteiger partial charge in [-0.1, -0.05) is 0 Å². The van der Waals surface area contributed by atoms with Crippen molar-refractivity contribution >= 4 is 0 Å². The Bertz CT molecular complexity index is 220. The van der Waals surface area contributed by atoms with Crippen molar-refractivity contribution in [3.05, 3.63) is 18.0 Å². The van der Waals surface area contributed by atoms with E-state index in [1.54, 1.807) is 0 Å². The van der Waals surface area contributed by atoms with E-state index in [4.69, 9.17) is 4.74 Å². The molecule has 11 heavy (non-hydrogen) atoms. The summed E-state index contributed by atoms with van der Waals surface area (Å²) in [6.07, 6.45) is 3.85. The molecule has 0 aliphatic rings. The Morgan fingerprint density at radius 3 is 2.91 bits per heavy atom. The predicted octanol–water partition coefficient (Wildman–Crippen LogP) is 1.75. The van der Waals surface area contributed by atoms with Gasteiger partial charge in [0.1, 0.15) is 6.23 Å². The molecule has 0 aromatic carbocycles. The molecule has 0 bridgehead atoms. The van der Waals surface area contributed by atoms with Gasteiger partial charge in [0, 0.05) is 12.8 Å². The molecule has 1 unspecified atom stereocenters. The second-order valence-electron chi connectivity index (χ2n) is 2.55. The number of ether oxygens (including phenoxy) is 1. The fraction of sp³-hybridized carbons (Fsp3) is 0.625. The molecule has 0 aliphatic heterocycles. The van der Waals surface area contributed by atoms with Crippen LogP contribution < -0.4 is 0 Å². The van der Waals surface area contributed by atoms with Crippen LogP contribution in [0.25, 0.3) is 0 Å². The summed E-state index contributed by atoms with van der Waals surface area (Å²) in [7, 11) is 0. The highest BCUT2D eigenvalue weighted by Gasteiger charge is 2.02. The van der Waals surface area contributed by atoms with E-state index in [9.17, 15) is 0 Å². The summed E-state index contributed by atoms with van der Waals surface area (Å²) >= 11 is 0. The molecule has 0 radical (unpaired) electrons. The smallest absolute Gasteiger partial charge is 0.147 e. The van der Waals surface area contributed by atoms with Gasteiger partial charge in [-0.2, -0.15) is 5.10 Å². The predicted molar refractivity (Wildman–Crippen MR) is 43.3 cm³/mol. The number of hydrogen-bond donors (Lipinski definition) is 0. The van der Waals surface area contributed by atoms with Crippen molar-refractivity contribution in [2.24, 2.45) is 0 Å². The topological polar surface area (TPSA) is 27.1 Å². The van der Waals surface area contributed by atoms with Crippen molar-refractivity contribution in [3.63, 3.8) is 0 Å². The van der Waals surface area contributed by atoms with E-state index < -0.39 is 0 Å². The lowest BCUT2D eigenvalue weighted by molar-refractivity contribution is 0.0159. The van der Waals surface area contributed by atoms with Crippen LogP contribution >= 0.6 is 0 Å². The Balaban J connectivity index is 2.60. The van der Waals surface area contributed by atoms with Gasteiger partial charge in [-0.15, -0.1) is 0 Å². The summed E-state index contributed by atoms with van der Waals surface area (Å²) < 4.78 is 7.16. The molecule has 62 valence electrons. The summed E-state index contributed by atoms with van der Waals surface area (Å²) in [5, 5.41) is 4.13. The molecule has 0 N–H and O–H groups in total. The third-order valence-electron chi connectivity index (χ3n) is 1.51. The Hall–Kier alpha value is -0.830. The quantitative estimate of drug-likeness (QED) is 0.663. The second-order valence-corrected chi connectivity index (χ2v) is 2.55. The average molecular weight is 154 g/mol. The Morgan fingerprint density at radius 1 is 1.73 bits per heavy atom. The summed E-state index contributed by atoms with van der Waals surface area (Å²) in [6.45, 7) is 6.70. The first-order valence-electron chi connectivity index (χ1n) is 3.86. The lowest BCUT2D eigenvalue weighted by atomic mass is 10.4. The van der Waals surface area contributed by atoms with E-state index in [-0.39, 0.29) is 6.23 Å². The standard InChI is InChI=1S/C8H14N2O/c1-4-11-8(3)10-6-7(2)5-9-10/h5-6,8H,4H2,1-3H3. The van der Waals surface area contributed by atoms with E-state index in [0.717, 1.165) is 12.2 Å². The molecule has 1 aromatic rings. The zero-order chi connectivity index (χ0) is 8.27. The van der Waals surface area contributed by atoms with Gasteiger partial charge in [0.25, 0.3) is 0 Å². The maximum absolute atomic E-state index is 5.34. The van der Waals surface area contributed by atoms with Crippen LogP contribution in [0.1, 0.15) is 25.6 Å². The zero-order valence-corrected chi connectivity index (χ0v) is 7.24. The fourth-order valence-electron chi connectivity index (χ4n) is 0.949. The Morgan fingerprint density at radius 2 is 2.45 bits per heavy atom. The van der Waals surface area contributed by atoms with Crippen molar-refractivity contribution in [1.82, 2.24) is 9.78 Å². The number of hydrogen-bond acceptors (Lipinski definition) is 2. The normalized spacial score (nSPS) is 13.4. The van der Waals surface area contributed by atoms with Crippen LogP contribution in [0, 0.1) is 6.92 Å². The molecule has 0 saturated heterocycles. The van der Waals surface area contributed by atoms with Crippen molar-refractivity contribution in [2.75, 3.05) is 6.61 Å². The van der Waals surface area contributed by atoms with Crippen LogP contribution in [0.3, 0.4) is 0 Å². The zero-order valence-electron chi connectivity index (χ0n) is 7.24. The number of aromatic nitrogens is 2. The van der Waals surface area contributed by atoms with Gasteiger partial charge in [0.05, 0.1) is 6.20 Å². The van der Waals surface area contributed by atoms with E-state index in [1.807, 2.05) is 37.8 Å². The van der Waals surface area contributed by atoms with Crippen molar-refractivity contribution in [2.45, 2.75) is 27.0 Å². The van der Waals surface area contributed by atoms with E-state index in [1.165, 1.54) is 0 Å².